The average molecular weight is 351 g/mol. The van der Waals surface area contributed by atoms with E-state index < -0.39 is 0 Å². The van der Waals surface area contributed by atoms with Crippen molar-refractivity contribution >= 4 is 5.82 Å². The number of nitrogens with zero attached hydrogens (tertiary/aromatic N) is 3. The zero-order valence-corrected chi connectivity index (χ0v) is 15.2. The Labute approximate surface area is 153 Å². The third-order valence-corrected chi connectivity index (χ3v) is 4.95. The van der Waals surface area contributed by atoms with Gasteiger partial charge in [0, 0.05) is 12.1 Å². The van der Waals surface area contributed by atoms with Gasteiger partial charge in [0.25, 0.3) is 0 Å². The van der Waals surface area contributed by atoms with Crippen LogP contribution < -0.4 is 26.1 Å². The topological polar surface area (TPSA) is 70.9 Å². The quantitative estimate of drug-likeness (QED) is 0.855. The molecule has 0 amide bonds. The van der Waals surface area contributed by atoms with E-state index in [1.165, 1.54) is 12.8 Å². The molecular formula is C20H25N5O. The first kappa shape index (κ1) is 17.0. The summed E-state index contributed by atoms with van der Waals surface area (Å²) in [6.07, 6.45) is 2.49. The van der Waals surface area contributed by atoms with Gasteiger partial charge in [-0.3, -0.25) is 9.98 Å². The smallest absolute Gasteiger partial charge is 0.154 e. The number of fused-ring (bicyclic) bond motifs is 1. The first-order valence-electron chi connectivity index (χ1n) is 9.32. The summed E-state index contributed by atoms with van der Waals surface area (Å²) in [6.45, 7) is 4.56. The zero-order chi connectivity index (χ0) is 17.8. The Balaban J connectivity index is 1.68. The summed E-state index contributed by atoms with van der Waals surface area (Å²) in [6, 6.07) is 10.0. The predicted molar refractivity (Wildman–Crippen MR) is 102 cm³/mol. The third kappa shape index (κ3) is 3.70. The molecule has 2 aliphatic rings. The van der Waals surface area contributed by atoms with Gasteiger partial charge in [0.2, 0.25) is 0 Å². The van der Waals surface area contributed by atoms with Gasteiger partial charge in [-0.2, -0.15) is 0 Å². The minimum Gasteiger partial charge on any atom is -0.497 e. The first-order valence-corrected chi connectivity index (χ1v) is 9.32. The molecule has 2 aliphatic heterocycles. The molecule has 2 aromatic rings. The molecule has 4 rings (SSSR count). The summed E-state index contributed by atoms with van der Waals surface area (Å²) in [5.74, 6) is 2.29. The van der Waals surface area contributed by atoms with Crippen molar-refractivity contribution in [2.45, 2.75) is 12.8 Å². The van der Waals surface area contributed by atoms with Crippen molar-refractivity contribution in [3.05, 3.63) is 41.0 Å². The first-order chi connectivity index (χ1) is 12.8. The molecular weight excluding hydrogens is 326 g/mol. The lowest BCUT2D eigenvalue weighted by atomic mass is 10.00. The molecule has 1 aromatic heterocycles. The number of piperidine rings is 1. The van der Waals surface area contributed by atoms with Gasteiger partial charge in [-0.1, -0.05) is 12.1 Å². The van der Waals surface area contributed by atoms with E-state index in [1.807, 2.05) is 30.3 Å². The molecule has 136 valence electrons. The molecule has 3 heterocycles. The van der Waals surface area contributed by atoms with E-state index in [-0.39, 0.29) is 0 Å². The van der Waals surface area contributed by atoms with Crippen LogP contribution in [0.15, 0.2) is 40.3 Å². The van der Waals surface area contributed by atoms with Crippen LogP contribution in [0.5, 0.6) is 5.75 Å². The number of benzene rings is 1. The number of nitrogens with one attached hydrogen (secondary N) is 2. The van der Waals surface area contributed by atoms with E-state index in [2.05, 4.69) is 20.6 Å². The summed E-state index contributed by atoms with van der Waals surface area (Å²) in [4.78, 5) is 14.2. The Morgan fingerprint density at radius 3 is 3.00 bits per heavy atom. The van der Waals surface area contributed by atoms with Gasteiger partial charge in [0.15, 0.2) is 5.82 Å². The highest BCUT2D eigenvalue weighted by molar-refractivity contribution is 5.63. The molecule has 1 unspecified atom stereocenters. The molecule has 26 heavy (non-hydrogen) atoms. The molecule has 6 nitrogen and oxygen atoms in total. The number of anilines is 1. The number of hydrogen-bond acceptors (Lipinski definition) is 6. The van der Waals surface area contributed by atoms with Crippen LogP contribution in [-0.2, 0) is 0 Å². The molecule has 1 fully saturated rings. The van der Waals surface area contributed by atoms with Crippen LogP contribution in [-0.4, -0.2) is 44.8 Å². The van der Waals surface area contributed by atoms with Gasteiger partial charge in [-0.05, 0) is 50.0 Å². The standard InChI is InChI=1S/C20H25N5O/c1-26-16-6-2-5-15(10-16)17-11-18-19(23-9-8-22-18)20(25-17)24-13-14-4-3-7-21-12-14/h2,5-6,10-11,14,21H,3-4,7-9,12-13H2,1H3,(H,24,25). The highest BCUT2D eigenvalue weighted by Crippen LogP contribution is 2.22. The van der Waals surface area contributed by atoms with Crippen LogP contribution in [0.1, 0.15) is 12.8 Å². The van der Waals surface area contributed by atoms with Crippen molar-refractivity contribution in [3.8, 4) is 17.0 Å². The number of methoxy groups -OCH3 is 1. The van der Waals surface area contributed by atoms with Crippen molar-refractivity contribution < 1.29 is 4.74 Å². The van der Waals surface area contributed by atoms with Crippen LogP contribution in [0.25, 0.3) is 11.3 Å². The molecule has 1 atom stereocenters. The van der Waals surface area contributed by atoms with Gasteiger partial charge < -0.3 is 15.4 Å². The molecule has 0 saturated carbocycles. The van der Waals surface area contributed by atoms with Crippen molar-refractivity contribution in [3.63, 3.8) is 0 Å². The number of rotatable bonds is 5. The van der Waals surface area contributed by atoms with Gasteiger partial charge in [-0.15, -0.1) is 0 Å². The predicted octanol–water partition coefficient (Wildman–Crippen LogP) is 1.42. The fraction of sp³-hybridized carbons (Fsp3) is 0.450. The Morgan fingerprint density at radius 2 is 2.15 bits per heavy atom. The highest BCUT2D eigenvalue weighted by Gasteiger charge is 2.15. The monoisotopic (exact) mass is 351 g/mol. The maximum absolute atomic E-state index is 5.35. The van der Waals surface area contributed by atoms with Crippen LogP contribution in [0.2, 0.25) is 0 Å². The zero-order valence-electron chi connectivity index (χ0n) is 15.2. The molecule has 0 radical (unpaired) electrons. The van der Waals surface area contributed by atoms with Crippen LogP contribution in [0.4, 0.5) is 5.82 Å². The summed E-state index contributed by atoms with van der Waals surface area (Å²) in [5.41, 5.74) is 1.92. The van der Waals surface area contributed by atoms with E-state index in [0.717, 1.165) is 66.3 Å². The van der Waals surface area contributed by atoms with E-state index in [0.29, 0.717) is 5.92 Å². The third-order valence-electron chi connectivity index (χ3n) is 4.95. The second-order valence-corrected chi connectivity index (χ2v) is 6.81. The van der Waals surface area contributed by atoms with Crippen LogP contribution in [0.3, 0.4) is 0 Å². The van der Waals surface area contributed by atoms with Crippen molar-refractivity contribution in [2.75, 3.05) is 45.2 Å². The molecule has 0 bridgehead atoms. The van der Waals surface area contributed by atoms with Gasteiger partial charge in [0.1, 0.15) is 11.1 Å². The second kappa shape index (κ2) is 7.83. The summed E-state index contributed by atoms with van der Waals surface area (Å²) in [5, 5.41) is 8.83. The number of ether oxygens (including phenoxy) is 1. The second-order valence-electron chi connectivity index (χ2n) is 6.81. The van der Waals surface area contributed by atoms with Crippen molar-refractivity contribution in [2.24, 2.45) is 15.9 Å². The minimum absolute atomic E-state index is 0.627. The van der Waals surface area contributed by atoms with Crippen molar-refractivity contribution in [1.82, 2.24) is 10.3 Å². The lowest BCUT2D eigenvalue weighted by Crippen LogP contribution is -2.37. The maximum Gasteiger partial charge on any atom is 0.154 e. The Morgan fingerprint density at radius 1 is 1.23 bits per heavy atom. The lowest BCUT2D eigenvalue weighted by Gasteiger charge is -2.23. The minimum atomic E-state index is 0.627. The summed E-state index contributed by atoms with van der Waals surface area (Å²) >= 11 is 0. The normalized spacial score (nSPS) is 19.0. The van der Waals surface area contributed by atoms with Gasteiger partial charge in [-0.25, -0.2) is 4.98 Å². The SMILES string of the molecule is COc1cccc(-c2cc3c(c(NCC4CCCNC4)n2)=NCCN=3)c1. The Kier molecular flexibility index (Phi) is 5.11. The molecule has 1 saturated heterocycles. The number of pyridine rings is 1. The fourth-order valence-electron chi connectivity index (χ4n) is 3.53. The molecule has 1 aromatic carbocycles. The fourth-order valence-corrected chi connectivity index (χ4v) is 3.53. The molecule has 0 spiro atoms. The van der Waals surface area contributed by atoms with Crippen molar-refractivity contribution in [1.29, 1.82) is 0 Å². The molecule has 2 N–H and O–H groups in total. The summed E-state index contributed by atoms with van der Waals surface area (Å²) < 4.78 is 5.35. The molecule has 0 aliphatic carbocycles. The average Bonchev–Trinajstić information content (AvgIpc) is 2.72. The van der Waals surface area contributed by atoms with E-state index in [4.69, 9.17) is 9.72 Å². The Hall–Kier alpha value is -2.47. The highest BCUT2D eigenvalue weighted by atomic mass is 16.5. The number of hydrogen-bond donors (Lipinski definition) is 2. The van der Waals surface area contributed by atoms with Gasteiger partial charge in [0.05, 0.1) is 31.3 Å². The largest absolute Gasteiger partial charge is 0.497 e. The van der Waals surface area contributed by atoms with Crippen LogP contribution in [0, 0.1) is 5.92 Å². The Bertz CT molecular complexity index is 890. The lowest BCUT2D eigenvalue weighted by molar-refractivity contribution is 0.392. The summed E-state index contributed by atoms with van der Waals surface area (Å²) in [7, 11) is 1.68. The maximum atomic E-state index is 5.35. The van der Waals surface area contributed by atoms with E-state index in [1.54, 1.807) is 7.11 Å². The number of aromatic nitrogens is 1. The molecule has 6 heteroatoms. The van der Waals surface area contributed by atoms with E-state index in [9.17, 15) is 0 Å². The van der Waals surface area contributed by atoms with Crippen LogP contribution >= 0.6 is 0 Å². The van der Waals surface area contributed by atoms with E-state index >= 15 is 0 Å². The van der Waals surface area contributed by atoms with Gasteiger partial charge >= 0.3 is 0 Å².